The molecule has 0 atom stereocenters. The van der Waals surface area contributed by atoms with E-state index in [1.807, 2.05) is 18.2 Å². The van der Waals surface area contributed by atoms with Crippen molar-refractivity contribution in [1.82, 2.24) is 4.90 Å². The first-order valence-electron chi connectivity index (χ1n) is 23.9. The summed E-state index contributed by atoms with van der Waals surface area (Å²) in [6.07, 6.45) is 19.2. The Bertz CT molecular complexity index is 1750. The molecule has 0 unspecified atom stereocenters. The first-order valence-corrected chi connectivity index (χ1v) is 23.9. The minimum atomic E-state index is 0.606. The van der Waals surface area contributed by atoms with Crippen LogP contribution in [0.1, 0.15) is 174 Å². The van der Waals surface area contributed by atoms with Gasteiger partial charge in [-0.05, 0) is 56.7 Å². The summed E-state index contributed by atoms with van der Waals surface area (Å²) in [4.78, 5) is 18.4. The molecule has 0 saturated carbocycles. The topological polar surface area (TPSA) is 95.7 Å². The lowest BCUT2D eigenvalue weighted by atomic mass is 9.97. The molecule has 0 N–H and O–H groups in total. The zero-order chi connectivity index (χ0) is 42.8. The van der Waals surface area contributed by atoms with E-state index in [2.05, 4.69) is 64.6 Å². The highest BCUT2D eigenvalue weighted by atomic mass is 16.5. The highest BCUT2D eigenvalue weighted by molar-refractivity contribution is 6.36. The molecule has 3 aliphatic heterocycles. The maximum atomic E-state index is 6.50. The lowest BCUT2D eigenvalue weighted by molar-refractivity contribution is 0.259. The summed E-state index contributed by atoms with van der Waals surface area (Å²) in [5.74, 6) is 6.41. The van der Waals surface area contributed by atoms with Crippen molar-refractivity contribution in [3.63, 3.8) is 0 Å². The lowest BCUT2D eigenvalue weighted by Crippen LogP contribution is -2.48. The molecule has 0 amide bonds. The Morgan fingerprint density at radius 3 is 0.738 bits per heavy atom. The summed E-state index contributed by atoms with van der Waals surface area (Å²) in [6, 6.07) is 12.3. The zero-order valence-corrected chi connectivity index (χ0v) is 38.2. The predicted molar refractivity (Wildman–Crippen MR) is 250 cm³/mol. The van der Waals surface area contributed by atoms with Crippen molar-refractivity contribution < 1.29 is 28.4 Å². The maximum absolute atomic E-state index is 6.50. The van der Waals surface area contributed by atoms with Gasteiger partial charge in [0.25, 0.3) is 0 Å². The number of unbranched alkanes of at least 4 members (excludes halogenated alkanes) is 12. The third-order valence-electron chi connectivity index (χ3n) is 11.3. The van der Waals surface area contributed by atoms with Crippen molar-refractivity contribution in [2.24, 2.45) is 15.0 Å². The van der Waals surface area contributed by atoms with E-state index in [0.717, 1.165) is 167 Å². The van der Waals surface area contributed by atoms with Crippen LogP contribution >= 0.6 is 0 Å². The van der Waals surface area contributed by atoms with E-state index in [4.69, 9.17) is 43.4 Å². The molecule has 0 bridgehead atoms. The molecule has 3 heterocycles. The average Bonchev–Trinajstić information content (AvgIpc) is 3.27. The number of rotatable bonds is 30. The van der Waals surface area contributed by atoms with Crippen LogP contribution in [0.15, 0.2) is 51.4 Å². The van der Waals surface area contributed by atoms with Gasteiger partial charge in [-0.2, -0.15) is 0 Å². The molecule has 0 aromatic heterocycles. The van der Waals surface area contributed by atoms with E-state index in [1.54, 1.807) is 0 Å². The molecule has 61 heavy (non-hydrogen) atoms. The first-order chi connectivity index (χ1) is 30.0. The number of ether oxygens (including phenoxy) is 6. The van der Waals surface area contributed by atoms with E-state index in [9.17, 15) is 0 Å². The number of fused-ring (bicyclic) bond motifs is 6. The summed E-state index contributed by atoms with van der Waals surface area (Å²) < 4.78 is 38.9. The highest BCUT2D eigenvalue weighted by Crippen LogP contribution is 2.48. The van der Waals surface area contributed by atoms with Crippen LogP contribution in [0.25, 0.3) is 0 Å². The summed E-state index contributed by atoms with van der Waals surface area (Å²) in [5, 5.41) is 0. The van der Waals surface area contributed by atoms with Gasteiger partial charge in [0, 0.05) is 34.9 Å². The average molecular weight is 837 g/mol. The number of hydrogen-bond donors (Lipinski definition) is 0. The Hall–Kier alpha value is -4.73. The summed E-state index contributed by atoms with van der Waals surface area (Å²) in [7, 11) is 0. The SMILES string of the molecule is CCCCCOc1cc2c(cc1OCCCCC)C1=Nc3cc(OCCCCC)c(OCCCCC)cc3C3=Nc4cc(OCCCCC)c(OCCCCC)cc4C(=N2)N13. The van der Waals surface area contributed by atoms with Crippen molar-refractivity contribution in [3.05, 3.63) is 53.1 Å². The highest BCUT2D eigenvalue weighted by Gasteiger charge is 2.41. The van der Waals surface area contributed by atoms with Gasteiger partial charge >= 0.3 is 0 Å². The molecule has 6 rings (SSSR count). The van der Waals surface area contributed by atoms with Crippen molar-refractivity contribution >= 4 is 34.6 Å². The standard InChI is InChI=1S/C51H72N4O6/c1-7-13-19-25-56-43-31-37-40(34-46(43)59-28-22-16-10-4)52-50-39-33-45(58-27-21-15-9-3)48(61-30-24-18-12-6)36-42(39)54-51-38-32-44(57-26-20-14-8-2)47(60-29-23-17-11-5)35-41(38)53-49(37)55(50)51/h31-36H,7-30H2,1-6H3. The van der Waals surface area contributed by atoms with Gasteiger partial charge in [0.05, 0.1) is 56.7 Å². The second-order valence-electron chi connectivity index (χ2n) is 16.4. The summed E-state index contributed by atoms with van der Waals surface area (Å²) in [6.45, 7) is 16.9. The Kier molecular flexibility index (Phi) is 18.1. The minimum Gasteiger partial charge on any atom is -0.490 e. The van der Waals surface area contributed by atoms with Crippen LogP contribution in [0.4, 0.5) is 17.1 Å². The van der Waals surface area contributed by atoms with Gasteiger partial charge < -0.3 is 28.4 Å². The quantitative estimate of drug-likeness (QED) is 0.0617. The molecule has 3 aromatic carbocycles. The Morgan fingerprint density at radius 2 is 0.525 bits per heavy atom. The molecule has 0 saturated heterocycles. The molecule has 3 aliphatic rings. The van der Waals surface area contributed by atoms with Crippen LogP contribution in [0, 0.1) is 0 Å². The van der Waals surface area contributed by atoms with Crippen LogP contribution in [-0.2, 0) is 0 Å². The fraction of sp³-hybridized carbons (Fsp3) is 0.588. The molecule has 10 nitrogen and oxygen atoms in total. The smallest absolute Gasteiger partial charge is 0.163 e. The lowest BCUT2D eigenvalue weighted by Gasteiger charge is -2.39. The number of nitrogens with zero attached hydrogens (tertiary/aromatic N) is 4. The van der Waals surface area contributed by atoms with Crippen molar-refractivity contribution in [2.45, 2.75) is 157 Å². The third-order valence-corrected chi connectivity index (χ3v) is 11.3. The number of hydrogen-bond acceptors (Lipinski definition) is 10. The van der Waals surface area contributed by atoms with Gasteiger partial charge in [-0.1, -0.05) is 119 Å². The van der Waals surface area contributed by atoms with E-state index in [0.29, 0.717) is 74.1 Å². The van der Waals surface area contributed by atoms with Crippen molar-refractivity contribution in [3.8, 4) is 34.5 Å². The van der Waals surface area contributed by atoms with Gasteiger partial charge in [0.2, 0.25) is 0 Å². The molecule has 0 aliphatic carbocycles. The van der Waals surface area contributed by atoms with Gasteiger partial charge in [-0.25, -0.2) is 15.0 Å². The van der Waals surface area contributed by atoms with E-state index < -0.39 is 0 Å². The molecule has 332 valence electrons. The van der Waals surface area contributed by atoms with E-state index in [1.165, 1.54) is 0 Å². The fourth-order valence-corrected chi connectivity index (χ4v) is 7.68. The summed E-state index contributed by atoms with van der Waals surface area (Å²) >= 11 is 0. The normalized spacial score (nSPS) is 13.3. The zero-order valence-electron chi connectivity index (χ0n) is 38.2. The van der Waals surface area contributed by atoms with E-state index >= 15 is 0 Å². The van der Waals surface area contributed by atoms with Crippen molar-refractivity contribution in [1.29, 1.82) is 0 Å². The van der Waals surface area contributed by atoms with Crippen LogP contribution in [-0.4, -0.2) is 62.0 Å². The van der Waals surface area contributed by atoms with Crippen LogP contribution < -0.4 is 28.4 Å². The van der Waals surface area contributed by atoms with Gasteiger partial charge in [0.1, 0.15) is 17.5 Å². The van der Waals surface area contributed by atoms with Gasteiger partial charge in [-0.3, -0.25) is 4.90 Å². The number of amidine groups is 3. The summed E-state index contributed by atoms with van der Waals surface area (Å²) in [5.41, 5.74) is 4.87. The fourth-order valence-electron chi connectivity index (χ4n) is 7.68. The van der Waals surface area contributed by atoms with Crippen LogP contribution in [0.5, 0.6) is 34.5 Å². The van der Waals surface area contributed by atoms with Crippen LogP contribution in [0.2, 0.25) is 0 Å². The van der Waals surface area contributed by atoms with Crippen LogP contribution in [0.3, 0.4) is 0 Å². The molecular formula is C51H72N4O6. The predicted octanol–water partition coefficient (Wildman–Crippen LogP) is 14.0. The van der Waals surface area contributed by atoms with Crippen molar-refractivity contribution in [2.75, 3.05) is 39.6 Å². The molecule has 0 spiro atoms. The molecule has 10 heteroatoms. The van der Waals surface area contributed by atoms with Gasteiger partial charge in [-0.15, -0.1) is 0 Å². The maximum Gasteiger partial charge on any atom is 0.163 e. The second-order valence-corrected chi connectivity index (χ2v) is 16.4. The number of benzene rings is 3. The van der Waals surface area contributed by atoms with Gasteiger partial charge in [0.15, 0.2) is 34.5 Å². The molecular weight excluding hydrogens is 765 g/mol. The first kappa shape index (κ1) is 45.8. The Morgan fingerprint density at radius 1 is 0.311 bits per heavy atom. The van der Waals surface area contributed by atoms with E-state index in [-0.39, 0.29) is 0 Å². The Balaban J connectivity index is 1.53. The molecule has 0 fully saturated rings. The molecule has 3 aromatic rings. The number of aliphatic imine (C=N–C) groups is 3. The monoisotopic (exact) mass is 837 g/mol. The second kappa shape index (κ2) is 24.1. The third kappa shape index (κ3) is 11.8. The molecule has 0 radical (unpaired) electrons. The Labute approximate surface area is 366 Å². The minimum absolute atomic E-state index is 0.606. The largest absolute Gasteiger partial charge is 0.490 e.